The Morgan fingerprint density at radius 2 is 1.95 bits per heavy atom. The van der Waals surface area contributed by atoms with Gasteiger partial charge in [0.15, 0.2) is 0 Å². The van der Waals surface area contributed by atoms with Crippen molar-refractivity contribution in [2.75, 3.05) is 7.04 Å². The predicted octanol–water partition coefficient (Wildman–Crippen LogP) is 2.57. The van der Waals surface area contributed by atoms with Gasteiger partial charge >= 0.3 is 7.12 Å². The molecule has 2 heterocycles. The molecule has 0 aromatic carbocycles. The average molecular weight is 293 g/mol. The standard InChI is InChI=1S/C13H22BNO3S/c1-8(2)9-10(19-11(15-9)16-7)14-17-12(3,4)13(5,6)18-14/h8H,1-7H3/i1D3,2D3,7D3,8D. The fourth-order valence-corrected chi connectivity index (χ4v) is 2.45. The molecule has 0 radical (unpaired) electrons. The molecule has 1 aromatic rings. The normalized spacial score (nSPS) is 31.5. The number of thiazole rings is 1. The van der Waals surface area contributed by atoms with Crippen LogP contribution in [0.3, 0.4) is 0 Å². The lowest BCUT2D eigenvalue weighted by molar-refractivity contribution is 0.00578. The molecule has 0 amide bonds. The van der Waals surface area contributed by atoms with Gasteiger partial charge in [0, 0.05) is 9.60 Å². The predicted molar refractivity (Wildman–Crippen MR) is 78.5 cm³/mol. The first kappa shape index (κ1) is 6.45. The summed E-state index contributed by atoms with van der Waals surface area (Å²) in [7, 11) is -4.16. The van der Waals surface area contributed by atoms with Gasteiger partial charge in [-0.1, -0.05) is 25.0 Å². The van der Waals surface area contributed by atoms with E-state index in [1.54, 1.807) is 27.7 Å². The van der Waals surface area contributed by atoms with E-state index < -0.39 is 55.8 Å². The van der Waals surface area contributed by atoms with Crippen molar-refractivity contribution in [3.63, 3.8) is 0 Å². The lowest BCUT2D eigenvalue weighted by atomic mass is 9.84. The Bertz CT molecular complexity index is 740. The van der Waals surface area contributed by atoms with Gasteiger partial charge in [-0.25, -0.2) is 4.98 Å². The van der Waals surface area contributed by atoms with E-state index in [-0.39, 0.29) is 4.78 Å². The topological polar surface area (TPSA) is 40.6 Å². The van der Waals surface area contributed by atoms with Crippen LogP contribution in [0.1, 0.15) is 66.7 Å². The van der Waals surface area contributed by atoms with Crippen LogP contribution in [0.4, 0.5) is 0 Å². The molecule has 19 heavy (non-hydrogen) atoms. The highest BCUT2D eigenvalue weighted by molar-refractivity contribution is 7.23. The van der Waals surface area contributed by atoms with Gasteiger partial charge in [-0.3, -0.25) is 0 Å². The van der Waals surface area contributed by atoms with Crippen LogP contribution < -0.4 is 9.51 Å². The van der Waals surface area contributed by atoms with Crippen molar-refractivity contribution in [2.24, 2.45) is 0 Å². The number of rotatable bonds is 3. The molecule has 1 saturated heterocycles. The van der Waals surface area contributed by atoms with Gasteiger partial charge in [0.25, 0.3) is 5.19 Å². The highest BCUT2D eigenvalue weighted by Gasteiger charge is 2.53. The number of hydrogen-bond donors (Lipinski definition) is 0. The highest BCUT2D eigenvalue weighted by atomic mass is 32.1. The minimum Gasteiger partial charge on any atom is -0.473 e. The van der Waals surface area contributed by atoms with Crippen LogP contribution in [-0.4, -0.2) is 30.3 Å². The number of hydrogen-bond acceptors (Lipinski definition) is 5. The summed E-state index contributed by atoms with van der Waals surface area (Å²) >= 11 is 0.581. The molecular formula is C13H22BNO3S. The molecule has 0 spiro atoms. The van der Waals surface area contributed by atoms with Crippen molar-refractivity contribution in [2.45, 2.75) is 58.5 Å². The first-order valence-corrected chi connectivity index (χ1v) is 6.50. The zero-order valence-corrected chi connectivity index (χ0v) is 12.0. The number of nitrogens with zero attached hydrogens (tertiary/aromatic N) is 1. The molecule has 0 saturated carbocycles. The summed E-state index contributed by atoms with van der Waals surface area (Å²) in [6.07, 6.45) is 0. The van der Waals surface area contributed by atoms with E-state index in [1.807, 2.05) is 0 Å². The van der Waals surface area contributed by atoms with E-state index >= 15 is 0 Å². The molecule has 0 bridgehead atoms. The number of methoxy groups -OCH3 is 1. The van der Waals surface area contributed by atoms with Crippen molar-refractivity contribution in [3.8, 4) is 5.19 Å². The van der Waals surface area contributed by atoms with Crippen LogP contribution in [0.2, 0.25) is 0 Å². The van der Waals surface area contributed by atoms with Crippen LogP contribution in [0.25, 0.3) is 0 Å². The van der Waals surface area contributed by atoms with Crippen molar-refractivity contribution in [3.05, 3.63) is 5.69 Å². The average Bonchev–Trinajstić information content (AvgIpc) is 2.92. The Morgan fingerprint density at radius 3 is 2.47 bits per heavy atom. The fourth-order valence-electron chi connectivity index (χ4n) is 1.64. The Hall–Kier alpha value is -0.585. The third-order valence-electron chi connectivity index (χ3n) is 3.43. The van der Waals surface area contributed by atoms with Gasteiger partial charge in [-0.15, -0.1) is 0 Å². The SMILES string of the molecule is [2H]C([2H])([2H])Oc1nc(C([2H])(C([2H])([2H])[2H])C([2H])([2H])[2H])c(B2OC(C)(C)C(C)(C)O2)s1. The second-order valence-corrected chi connectivity index (χ2v) is 6.25. The maximum Gasteiger partial charge on any atom is 0.507 e. The smallest absolute Gasteiger partial charge is 0.473 e. The molecule has 1 aliphatic rings. The Balaban J connectivity index is 2.71. The summed E-state index contributed by atoms with van der Waals surface area (Å²) in [6, 6.07) is 0. The van der Waals surface area contributed by atoms with Crippen molar-refractivity contribution < 1.29 is 27.8 Å². The summed E-state index contributed by atoms with van der Waals surface area (Å²) in [6.45, 7) is 0.290. The third kappa shape index (κ3) is 2.53. The summed E-state index contributed by atoms with van der Waals surface area (Å²) < 4.78 is 92.7. The van der Waals surface area contributed by atoms with E-state index in [4.69, 9.17) is 27.8 Å². The molecule has 0 aliphatic carbocycles. The summed E-state index contributed by atoms with van der Waals surface area (Å²) in [5, 5.41) is -0.505. The zero-order chi connectivity index (χ0) is 22.8. The van der Waals surface area contributed by atoms with Crippen LogP contribution in [0.5, 0.6) is 5.19 Å². The summed E-state index contributed by atoms with van der Waals surface area (Å²) in [5.74, 6) is -3.16. The molecule has 2 rings (SSSR count). The summed E-state index contributed by atoms with van der Waals surface area (Å²) in [4.78, 5) is 3.81. The molecule has 4 nitrogen and oxygen atoms in total. The van der Waals surface area contributed by atoms with E-state index in [0.717, 1.165) is 0 Å². The molecule has 106 valence electrons. The van der Waals surface area contributed by atoms with Gasteiger partial charge in [0.05, 0.1) is 32.8 Å². The van der Waals surface area contributed by atoms with E-state index in [2.05, 4.69) is 4.98 Å². The summed E-state index contributed by atoms with van der Waals surface area (Å²) in [5.41, 5.74) is -2.39. The van der Waals surface area contributed by atoms with Gasteiger partial charge < -0.3 is 14.0 Å². The largest absolute Gasteiger partial charge is 0.507 e. The van der Waals surface area contributed by atoms with Crippen LogP contribution >= 0.6 is 11.3 Å². The van der Waals surface area contributed by atoms with Crippen LogP contribution in [0.15, 0.2) is 0 Å². The molecule has 1 aromatic heterocycles. The zero-order valence-electron chi connectivity index (χ0n) is 21.2. The minimum absolute atomic E-state index is 0.134. The van der Waals surface area contributed by atoms with Gasteiger partial charge in [0.2, 0.25) is 0 Å². The van der Waals surface area contributed by atoms with E-state index in [9.17, 15) is 0 Å². The van der Waals surface area contributed by atoms with Crippen LogP contribution in [0, 0.1) is 0 Å². The molecule has 1 aliphatic heterocycles. The maximum atomic E-state index is 8.42. The molecule has 6 heteroatoms. The molecule has 0 N–H and O–H groups in total. The monoisotopic (exact) mass is 293 g/mol. The second-order valence-electron chi connectivity index (χ2n) is 5.26. The van der Waals surface area contributed by atoms with Crippen molar-refractivity contribution >= 4 is 23.2 Å². The molecule has 0 unspecified atom stereocenters. The van der Waals surface area contributed by atoms with Gasteiger partial charge in [-0.2, -0.15) is 0 Å². The number of aromatic nitrogens is 1. The Labute approximate surface area is 133 Å². The van der Waals surface area contributed by atoms with E-state index in [1.165, 1.54) is 0 Å². The van der Waals surface area contributed by atoms with Crippen molar-refractivity contribution in [1.29, 1.82) is 0 Å². The van der Waals surface area contributed by atoms with Gasteiger partial charge in [-0.05, 0) is 33.6 Å². The minimum atomic E-state index is -3.32. The fraction of sp³-hybridized carbons (Fsp3) is 0.769. The lowest BCUT2D eigenvalue weighted by Crippen LogP contribution is -2.41. The molecular weight excluding hydrogens is 261 g/mol. The first-order valence-electron chi connectivity index (χ1n) is 10.7. The highest BCUT2D eigenvalue weighted by Crippen LogP contribution is 2.38. The molecule has 1 fully saturated rings. The first-order chi connectivity index (χ1) is 12.6. The Morgan fingerprint density at radius 1 is 1.32 bits per heavy atom. The van der Waals surface area contributed by atoms with Gasteiger partial charge in [0.1, 0.15) is 0 Å². The number of ether oxygens (including phenoxy) is 1. The van der Waals surface area contributed by atoms with Crippen LogP contribution in [-0.2, 0) is 9.31 Å². The molecule has 0 atom stereocenters. The third-order valence-corrected chi connectivity index (χ3v) is 4.38. The lowest BCUT2D eigenvalue weighted by Gasteiger charge is -2.32. The van der Waals surface area contributed by atoms with E-state index in [0.29, 0.717) is 11.3 Å². The van der Waals surface area contributed by atoms with Crippen molar-refractivity contribution in [1.82, 2.24) is 4.98 Å². The maximum absolute atomic E-state index is 8.42. The quantitative estimate of drug-likeness (QED) is 0.803. The Kier molecular flexibility index (Phi) is 1.62. The second kappa shape index (κ2) is 4.75.